The van der Waals surface area contributed by atoms with Gasteiger partial charge in [0.2, 0.25) is 0 Å². The van der Waals surface area contributed by atoms with Crippen molar-refractivity contribution in [2.75, 3.05) is 5.88 Å². The summed E-state index contributed by atoms with van der Waals surface area (Å²) in [5, 5.41) is 7.23. The summed E-state index contributed by atoms with van der Waals surface area (Å²) in [6, 6.07) is 7.37. The quantitative estimate of drug-likeness (QED) is 0.593. The molecule has 1 aromatic rings. The smallest absolute Gasteiger partial charge is 0.162 e. The van der Waals surface area contributed by atoms with E-state index >= 15 is 0 Å². The van der Waals surface area contributed by atoms with E-state index in [1.165, 1.54) is 0 Å². The zero-order valence-corrected chi connectivity index (χ0v) is 8.07. The van der Waals surface area contributed by atoms with Crippen molar-refractivity contribution in [2.45, 2.75) is 6.92 Å². The highest BCUT2D eigenvalue weighted by Gasteiger charge is 1.87. The van der Waals surface area contributed by atoms with Gasteiger partial charge in [-0.1, -0.05) is 17.7 Å². The molecule has 70 valence electrons. The molecule has 1 aromatic carbocycles. The molecule has 5 heteroatoms. The first-order valence-corrected chi connectivity index (χ1v) is 5.11. The van der Waals surface area contributed by atoms with Gasteiger partial charge in [-0.2, -0.15) is 10.2 Å². The Bertz CT molecular complexity index is 360. The number of rotatable bonds is 3. The Kier molecular flexibility index (Phi) is 3.57. The minimum Gasteiger partial charge on any atom is -0.230 e. The number of aryl methyl sites for hydroxylation is 1. The average molecular weight is 198 g/mol. The monoisotopic (exact) mass is 198 g/mol. The van der Waals surface area contributed by atoms with Crippen LogP contribution >= 0.6 is 0 Å². The van der Waals surface area contributed by atoms with E-state index in [1.807, 2.05) is 19.1 Å². The first kappa shape index (κ1) is 9.85. The number of benzene rings is 1. The maximum atomic E-state index is 10.1. The van der Waals surface area contributed by atoms with Crippen molar-refractivity contribution < 1.29 is 8.42 Å². The summed E-state index contributed by atoms with van der Waals surface area (Å²) < 4.78 is 20.3. The second-order valence-electron chi connectivity index (χ2n) is 2.55. The number of hydrogen-bond acceptors (Lipinski definition) is 4. The molecule has 0 aliphatic heterocycles. The zero-order chi connectivity index (χ0) is 9.68. The van der Waals surface area contributed by atoms with Crippen LogP contribution in [-0.4, -0.2) is 14.3 Å². The van der Waals surface area contributed by atoms with Crippen molar-refractivity contribution in [3.63, 3.8) is 0 Å². The lowest BCUT2D eigenvalue weighted by Crippen LogP contribution is -1.78. The van der Waals surface area contributed by atoms with Gasteiger partial charge in [-0.3, -0.25) is 0 Å². The summed E-state index contributed by atoms with van der Waals surface area (Å²) in [7, 11) is -2.46. The van der Waals surface area contributed by atoms with Gasteiger partial charge in [-0.25, -0.2) is 8.42 Å². The average Bonchev–Trinajstić information content (AvgIpc) is 2.08. The van der Waals surface area contributed by atoms with Crippen LogP contribution in [0.1, 0.15) is 5.56 Å². The van der Waals surface area contributed by atoms with Gasteiger partial charge in [-0.05, 0) is 19.1 Å². The van der Waals surface area contributed by atoms with Gasteiger partial charge in [0.25, 0.3) is 0 Å². The first-order chi connectivity index (χ1) is 6.18. The Labute approximate surface area is 78.3 Å². The lowest BCUT2D eigenvalue weighted by atomic mass is 10.2. The van der Waals surface area contributed by atoms with Gasteiger partial charge in [0.05, 0.1) is 5.69 Å². The lowest BCUT2D eigenvalue weighted by Gasteiger charge is -1.91. The van der Waals surface area contributed by atoms with E-state index in [-0.39, 0.29) is 5.88 Å². The molecule has 4 nitrogen and oxygen atoms in total. The Balaban J connectivity index is 2.64. The minimum atomic E-state index is -2.46. The predicted molar refractivity (Wildman–Crippen MR) is 50.9 cm³/mol. The predicted octanol–water partition coefficient (Wildman–Crippen LogP) is 1.65. The van der Waals surface area contributed by atoms with Crippen LogP contribution in [0.3, 0.4) is 0 Å². The molecular formula is C8H10N2O2S. The second-order valence-corrected chi connectivity index (χ2v) is 3.50. The summed E-state index contributed by atoms with van der Waals surface area (Å²) >= 11 is 0. The highest BCUT2D eigenvalue weighted by Crippen LogP contribution is 2.12. The van der Waals surface area contributed by atoms with Crippen LogP contribution < -0.4 is 0 Å². The third-order valence-corrected chi connectivity index (χ3v) is 1.76. The van der Waals surface area contributed by atoms with Crippen LogP contribution in [0.5, 0.6) is 0 Å². The largest absolute Gasteiger partial charge is 0.230 e. The van der Waals surface area contributed by atoms with Crippen LogP contribution in [0.4, 0.5) is 5.69 Å². The van der Waals surface area contributed by atoms with E-state index in [4.69, 9.17) is 0 Å². The van der Waals surface area contributed by atoms with Gasteiger partial charge in [0.15, 0.2) is 16.6 Å². The molecule has 0 radical (unpaired) electrons. The normalized spacial score (nSPS) is 11.2. The molecule has 0 N–H and O–H groups in total. The maximum Gasteiger partial charge on any atom is 0.162 e. The summed E-state index contributed by atoms with van der Waals surface area (Å²) in [5.74, 6) is -0.247. The summed E-state index contributed by atoms with van der Waals surface area (Å²) in [5.41, 5.74) is 1.80. The summed E-state index contributed by atoms with van der Waals surface area (Å²) in [4.78, 5) is 0. The molecule has 0 amide bonds. The van der Waals surface area contributed by atoms with Crippen molar-refractivity contribution in [1.29, 1.82) is 0 Å². The molecule has 0 spiro atoms. The molecular weight excluding hydrogens is 188 g/mol. The second kappa shape index (κ2) is 4.71. The molecule has 0 saturated carbocycles. The van der Waals surface area contributed by atoms with Crippen molar-refractivity contribution in [1.82, 2.24) is 0 Å². The SMILES string of the molecule is Cc1ccc(N=NC[SH](=O)=O)cc1. The summed E-state index contributed by atoms with van der Waals surface area (Å²) in [6.07, 6.45) is 0. The van der Waals surface area contributed by atoms with E-state index in [0.717, 1.165) is 5.56 Å². The molecule has 1 rings (SSSR count). The topological polar surface area (TPSA) is 58.9 Å². The van der Waals surface area contributed by atoms with Crippen LogP contribution in [0, 0.1) is 6.92 Å². The third kappa shape index (κ3) is 3.80. The fourth-order valence-electron chi connectivity index (χ4n) is 0.776. The van der Waals surface area contributed by atoms with Crippen molar-refractivity contribution in [2.24, 2.45) is 10.2 Å². The molecule has 0 aliphatic rings. The number of thiol groups is 1. The van der Waals surface area contributed by atoms with Crippen molar-refractivity contribution >= 4 is 16.4 Å². The van der Waals surface area contributed by atoms with E-state index < -0.39 is 10.7 Å². The van der Waals surface area contributed by atoms with E-state index in [0.29, 0.717) is 5.69 Å². The molecule has 0 bridgehead atoms. The van der Waals surface area contributed by atoms with Crippen LogP contribution in [0.15, 0.2) is 34.5 Å². The fraction of sp³-hybridized carbons (Fsp3) is 0.250. The Morgan fingerprint density at radius 2 is 1.85 bits per heavy atom. The van der Waals surface area contributed by atoms with Gasteiger partial charge in [0, 0.05) is 0 Å². The first-order valence-electron chi connectivity index (χ1n) is 3.74. The van der Waals surface area contributed by atoms with E-state index in [9.17, 15) is 8.42 Å². The van der Waals surface area contributed by atoms with Gasteiger partial charge < -0.3 is 0 Å². The van der Waals surface area contributed by atoms with E-state index in [2.05, 4.69) is 10.2 Å². The molecule has 0 saturated heterocycles. The van der Waals surface area contributed by atoms with Crippen LogP contribution in [-0.2, 0) is 10.7 Å². The molecule has 0 aromatic heterocycles. The molecule has 0 aliphatic carbocycles. The molecule has 13 heavy (non-hydrogen) atoms. The number of azo groups is 1. The van der Waals surface area contributed by atoms with Crippen molar-refractivity contribution in [3.05, 3.63) is 29.8 Å². The van der Waals surface area contributed by atoms with Crippen molar-refractivity contribution in [3.8, 4) is 0 Å². The minimum absolute atomic E-state index is 0.247. The Hall–Kier alpha value is -1.23. The van der Waals surface area contributed by atoms with Gasteiger partial charge in [-0.15, -0.1) is 0 Å². The number of hydrogen-bond donors (Lipinski definition) is 1. The Morgan fingerprint density at radius 1 is 1.23 bits per heavy atom. The summed E-state index contributed by atoms with van der Waals surface area (Å²) in [6.45, 7) is 1.97. The maximum absolute atomic E-state index is 10.1. The Morgan fingerprint density at radius 3 is 2.38 bits per heavy atom. The molecule has 0 fully saturated rings. The molecule has 0 heterocycles. The molecule has 0 unspecified atom stereocenters. The lowest BCUT2D eigenvalue weighted by molar-refractivity contribution is 0.614. The third-order valence-electron chi connectivity index (χ3n) is 1.40. The number of nitrogens with zero attached hydrogens (tertiary/aromatic N) is 2. The van der Waals surface area contributed by atoms with Gasteiger partial charge in [0.1, 0.15) is 0 Å². The van der Waals surface area contributed by atoms with Crippen LogP contribution in [0.2, 0.25) is 0 Å². The van der Waals surface area contributed by atoms with Crippen LogP contribution in [0.25, 0.3) is 0 Å². The standard InChI is InChI=1S/C8H10N2O2S/c1-7-2-4-8(5-3-7)10-9-6-13(11)12/h2-5,13H,6H2,1H3. The van der Waals surface area contributed by atoms with Gasteiger partial charge >= 0.3 is 0 Å². The zero-order valence-electron chi connectivity index (χ0n) is 7.17. The molecule has 0 atom stereocenters. The highest BCUT2D eigenvalue weighted by molar-refractivity contribution is 7.72. The highest BCUT2D eigenvalue weighted by atomic mass is 32.2. The fourth-order valence-corrected chi connectivity index (χ4v) is 0.943. The van der Waals surface area contributed by atoms with E-state index in [1.54, 1.807) is 12.1 Å².